The number of rotatable bonds is 6. The molecular formula is C57H35N3O. The van der Waals surface area contributed by atoms with Gasteiger partial charge in [0.1, 0.15) is 11.2 Å². The van der Waals surface area contributed by atoms with Crippen molar-refractivity contribution >= 4 is 54.3 Å². The van der Waals surface area contributed by atoms with Crippen molar-refractivity contribution in [2.75, 3.05) is 0 Å². The molecule has 0 fully saturated rings. The number of hydrogen-bond acceptors (Lipinski definition) is 4. The molecule has 0 aliphatic rings. The number of nitrogens with zero attached hydrogens (tertiary/aromatic N) is 3. The van der Waals surface area contributed by atoms with Gasteiger partial charge in [-0.1, -0.05) is 176 Å². The summed E-state index contributed by atoms with van der Waals surface area (Å²) in [6, 6.07) is 74.6. The number of hydrogen-bond donors (Lipinski definition) is 0. The van der Waals surface area contributed by atoms with Crippen molar-refractivity contribution in [3.05, 3.63) is 212 Å². The standard InChI is InChI=1S/C57H35N3O/c1-3-12-36(13-4-1)38-22-24-39(25-23-38)40-26-28-41(29-27-40)55-58-56(43-17-11-16-42(32-43)37-14-5-2-6-15-37)60-57(59-55)44-30-31-53-51(33-44)52-34-49-47-20-9-7-18-45(47)46-19-8-10-21-48(46)50(49)35-54(52)61-53/h1-35H. The first-order valence-electron chi connectivity index (χ1n) is 20.6. The minimum atomic E-state index is 0.596. The van der Waals surface area contributed by atoms with E-state index in [1.54, 1.807) is 0 Å². The third-order valence-electron chi connectivity index (χ3n) is 11.9. The first-order valence-corrected chi connectivity index (χ1v) is 20.6. The topological polar surface area (TPSA) is 51.8 Å². The first kappa shape index (κ1) is 34.8. The van der Waals surface area contributed by atoms with E-state index in [1.165, 1.54) is 43.4 Å². The number of aromatic nitrogens is 3. The molecule has 0 radical (unpaired) electrons. The van der Waals surface area contributed by atoms with Gasteiger partial charge >= 0.3 is 0 Å². The summed E-state index contributed by atoms with van der Waals surface area (Å²) >= 11 is 0. The molecule has 0 spiro atoms. The maximum atomic E-state index is 6.58. The van der Waals surface area contributed by atoms with Crippen LogP contribution in [0.15, 0.2) is 217 Å². The predicted molar refractivity (Wildman–Crippen MR) is 252 cm³/mol. The first-order chi connectivity index (χ1) is 30.2. The third kappa shape index (κ3) is 6.12. The zero-order chi connectivity index (χ0) is 40.3. The Morgan fingerprint density at radius 2 is 0.590 bits per heavy atom. The average molecular weight is 778 g/mol. The molecule has 0 N–H and O–H groups in total. The van der Waals surface area contributed by atoms with Gasteiger partial charge in [0, 0.05) is 27.5 Å². The second-order valence-corrected chi connectivity index (χ2v) is 15.6. The summed E-state index contributed by atoms with van der Waals surface area (Å²) in [6.45, 7) is 0. The Morgan fingerprint density at radius 1 is 0.213 bits per heavy atom. The fraction of sp³-hybridized carbons (Fsp3) is 0. The molecule has 4 heteroatoms. The zero-order valence-electron chi connectivity index (χ0n) is 33.0. The minimum Gasteiger partial charge on any atom is -0.456 e. The highest BCUT2D eigenvalue weighted by molar-refractivity contribution is 6.28. The van der Waals surface area contributed by atoms with Gasteiger partial charge in [-0.25, -0.2) is 15.0 Å². The van der Waals surface area contributed by atoms with Crippen LogP contribution in [0.3, 0.4) is 0 Å². The van der Waals surface area contributed by atoms with Gasteiger partial charge in [0.2, 0.25) is 0 Å². The van der Waals surface area contributed by atoms with Gasteiger partial charge in [-0.05, 0) is 102 Å². The SMILES string of the molecule is c1ccc(-c2ccc(-c3ccc(-c4nc(-c5cccc(-c6ccccc6)c5)nc(-c5ccc6oc7cc8c9ccccc9c9ccccc9c8cc7c6c5)n4)cc3)cc2)cc1. The van der Waals surface area contributed by atoms with Crippen molar-refractivity contribution < 1.29 is 4.42 Å². The molecule has 0 unspecified atom stereocenters. The molecule has 10 aromatic carbocycles. The lowest BCUT2D eigenvalue weighted by atomic mass is 9.93. The lowest BCUT2D eigenvalue weighted by Crippen LogP contribution is -2.00. The van der Waals surface area contributed by atoms with Crippen molar-refractivity contribution in [1.29, 1.82) is 0 Å². The van der Waals surface area contributed by atoms with Crippen LogP contribution in [0.25, 0.3) is 122 Å². The molecule has 0 aliphatic heterocycles. The monoisotopic (exact) mass is 777 g/mol. The molecule has 0 saturated heterocycles. The zero-order valence-corrected chi connectivity index (χ0v) is 33.0. The lowest BCUT2D eigenvalue weighted by molar-refractivity contribution is 0.669. The Hall–Kier alpha value is -8.21. The molecule has 284 valence electrons. The van der Waals surface area contributed by atoms with Crippen LogP contribution >= 0.6 is 0 Å². The molecule has 4 nitrogen and oxygen atoms in total. The molecule has 0 amide bonds. The smallest absolute Gasteiger partial charge is 0.164 e. The third-order valence-corrected chi connectivity index (χ3v) is 11.9. The molecular weight excluding hydrogens is 743 g/mol. The largest absolute Gasteiger partial charge is 0.456 e. The number of furan rings is 1. The van der Waals surface area contributed by atoms with E-state index in [-0.39, 0.29) is 0 Å². The van der Waals surface area contributed by atoms with Crippen LogP contribution in [0.2, 0.25) is 0 Å². The molecule has 12 aromatic rings. The van der Waals surface area contributed by atoms with Gasteiger partial charge < -0.3 is 4.42 Å². The summed E-state index contributed by atoms with van der Waals surface area (Å²) in [5.74, 6) is 1.82. The van der Waals surface area contributed by atoms with Crippen molar-refractivity contribution in [3.8, 4) is 67.5 Å². The van der Waals surface area contributed by atoms with E-state index in [0.29, 0.717) is 17.5 Å². The molecule has 0 saturated carbocycles. The van der Waals surface area contributed by atoms with Gasteiger partial charge in [-0.15, -0.1) is 0 Å². The summed E-state index contributed by atoms with van der Waals surface area (Å²) in [6.07, 6.45) is 0. The van der Waals surface area contributed by atoms with Crippen molar-refractivity contribution in [2.24, 2.45) is 0 Å². The fourth-order valence-corrected chi connectivity index (χ4v) is 8.84. The van der Waals surface area contributed by atoms with E-state index in [2.05, 4.69) is 194 Å². The van der Waals surface area contributed by atoms with Crippen LogP contribution in [0, 0.1) is 0 Å². The van der Waals surface area contributed by atoms with Gasteiger partial charge in [0.25, 0.3) is 0 Å². The van der Waals surface area contributed by atoms with E-state index >= 15 is 0 Å². The molecule has 0 bridgehead atoms. The van der Waals surface area contributed by atoms with Crippen LogP contribution in [0.5, 0.6) is 0 Å². The van der Waals surface area contributed by atoms with Gasteiger partial charge in [-0.2, -0.15) is 0 Å². The quantitative estimate of drug-likeness (QED) is 0.158. The van der Waals surface area contributed by atoms with Crippen LogP contribution < -0.4 is 0 Å². The van der Waals surface area contributed by atoms with E-state index < -0.39 is 0 Å². The maximum Gasteiger partial charge on any atom is 0.164 e. The van der Waals surface area contributed by atoms with Gasteiger partial charge in [0.15, 0.2) is 17.5 Å². The molecule has 2 aromatic heterocycles. The molecule has 0 aliphatic carbocycles. The lowest BCUT2D eigenvalue weighted by Gasteiger charge is -2.11. The van der Waals surface area contributed by atoms with Gasteiger partial charge in [-0.3, -0.25) is 0 Å². The molecule has 12 rings (SSSR count). The molecule has 0 atom stereocenters. The summed E-state index contributed by atoms with van der Waals surface area (Å²) in [7, 11) is 0. The fourth-order valence-electron chi connectivity index (χ4n) is 8.84. The van der Waals surface area contributed by atoms with Crippen molar-refractivity contribution in [2.45, 2.75) is 0 Å². The highest BCUT2D eigenvalue weighted by Gasteiger charge is 2.18. The van der Waals surface area contributed by atoms with E-state index in [1.807, 2.05) is 18.2 Å². The Labute approximate surface area is 352 Å². The summed E-state index contributed by atoms with van der Waals surface area (Å²) in [5, 5.41) is 9.39. The Bertz CT molecular complexity index is 3610. The van der Waals surface area contributed by atoms with Crippen molar-refractivity contribution in [1.82, 2.24) is 15.0 Å². The second-order valence-electron chi connectivity index (χ2n) is 15.6. The van der Waals surface area contributed by atoms with Crippen molar-refractivity contribution in [3.63, 3.8) is 0 Å². The van der Waals surface area contributed by atoms with Crippen LogP contribution in [0.4, 0.5) is 0 Å². The molecule has 2 heterocycles. The van der Waals surface area contributed by atoms with E-state index in [4.69, 9.17) is 19.4 Å². The van der Waals surface area contributed by atoms with Crippen LogP contribution in [0.1, 0.15) is 0 Å². The Balaban J connectivity index is 0.990. The van der Waals surface area contributed by atoms with E-state index in [9.17, 15) is 0 Å². The number of fused-ring (bicyclic) bond motifs is 9. The van der Waals surface area contributed by atoms with Gasteiger partial charge in [0.05, 0.1) is 0 Å². The Kier molecular flexibility index (Phi) is 8.13. The number of benzene rings is 10. The van der Waals surface area contributed by atoms with Crippen LogP contribution in [-0.2, 0) is 0 Å². The highest BCUT2D eigenvalue weighted by atomic mass is 16.3. The average Bonchev–Trinajstić information content (AvgIpc) is 3.71. The Morgan fingerprint density at radius 3 is 1.16 bits per heavy atom. The maximum absolute atomic E-state index is 6.58. The summed E-state index contributed by atoms with van der Waals surface area (Å²) < 4.78 is 6.58. The minimum absolute atomic E-state index is 0.596. The summed E-state index contributed by atoms with van der Waals surface area (Å²) in [4.78, 5) is 15.5. The molecule has 61 heavy (non-hydrogen) atoms. The second kappa shape index (κ2) is 14.3. The predicted octanol–water partition coefficient (Wildman–Crippen LogP) is 15.2. The summed E-state index contributed by atoms with van der Waals surface area (Å²) in [5.41, 5.74) is 11.3. The van der Waals surface area contributed by atoms with E-state index in [0.717, 1.165) is 60.9 Å². The normalized spacial score (nSPS) is 11.6. The highest BCUT2D eigenvalue weighted by Crippen LogP contribution is 2.41. The van der Waals surface area contributed by atoms with Crippen LogP contribution in [-0.4, -0.2) is 15.0 Å².